The number of likely N-dealkylation sites (tertiary alicyclic amines) is 1. The summed E-state index contributed by atoms with van der Waals surface area (Å²) in [6.45, 7) is 0.789. The third kappa shape index (κ3) is 4.56. The second-order valence-corrected chi connectivity index (χ2v) is 7.29. The normalized spacial score (nSPS) is 15.8. The minimum atomic E-state index is -0.559. The summed E-state index contributed by atoms with van der Waals surface area (Å²) in [4.78, 5) is 40.4. The zero-order valence-electron chi connectivity index (χ0n) is 16.6. The van der Waals surface area contributed by atoms with Crippen molar-refractivity contribution in [1.29, 1.82) is 0 Å². The van der Waals surface area contributed by atoms with E-state index in [1.165, 1.54) is 15.9 Å². The molecule has 1 unspecified atom stereocenters. The Labute approximate surface area is 169 Å². The van der Waals surface area contributed by atoms with E-state index in [4.69, 9.17) is 0 Å². The highest BCUT2D eigenvalue weighted by Crippen LogP contribution is 2.24. The van der Waals surface area contributed by atoms with E-state index in [9.17, 15) is 19.5 Å². The highest BCUT2D eigenvalue weighted by atomic mass is 16.3. The van der Waals surface area contributed by atoms with Crippen LogP contribution in [-0.2, 0) is 11.3 Å². The standard InChI is InChI=1S/C22H25N3O4/c1-24(2)21(28)16-11-9-15(10-12-16)14-23-20(27)18-7-5-13-25(18)22(29)17-6-3-4-8-19(17)26/h3-4,6,8-12,18,26H,5,7,13-14H2,1-2H3,(H,23,27). The van der Waals surface area contributed by atoms with Crippen LogP contribution in [0.25, 0.3) is 0 Å². The number of nitrogens with zero attached hydrogens (tertiary/aromatic N) is 2. The molecule has 29 heavy (non-hydrogen) atoms. The summed E-state index contributed by atoms with van der Waals surface area (Å²) >= 11 is 0. The monoisotopic (exact) mass is 395 g/mol. The first-order chi connectivity index (χ1) is 13.9. The second-order valence-electron chi connectivity index (χ2n) is 7.29. The van der Waals surface area contributed by atoms with Crippen LogP contribution in [0.5, 0.6) is 5.75 Å². The van der Waals surface area contributed by atoms with E-state index in [-0.39, 0.29) is 29.0 Å². The van der Waals surface area contributed by atoms with E-state index >= 15 is 0 Å². The number of amides is 3. The molecule has 2 N–H and O–H groups in total. The zero-order chi connectivity index (χ0) is 21.0. The van der Waals surface area contributed by atoms with Gasteiger partial charge in [-0.1, -0.05) is 24.3 Å². The Kier molecular flexibility index (Phi) is 6.16. The Balaban J connectivity index is 1.62. The molecule has 1 saturated heterocycles. The molecule has 1 aliphatic rings. The first-order valence-electron chi connectivity index (χ1n) is 9.55. The zero-order valence-corrected chi connectivity index (χ0v) is 16.6. The molecule has 2 aromatic rings. The maximum Gasteiger partial charge on any atom is 0.258 e. The summed E-state index contributed by atoms with van der Waals surface area (Å²) in [6, 6.07) is 12.9. The van der Waals surface area contributed by atoms with Gasteiger partial charge in [0.25, 0.3) is 11.8 Å². The molecular formula is C22H25N3O4. The number of hydrogen-bond donors (Lipinski definition) is 2. The van der Waals surface area contributed by atoms with Crippen LogP contribution in [0.1, 0.15) is 39.1 Å². The molecule has 0 aromatic heterocycles. The maximum absolute atomic E-state index is 12.8. The topological polar surface area (TPSA) is 90.0 Å². The number of carbonyl (C=O) groups is 3. The van der Waals surface area contributed by atoms with Gasteiger partial charge in [-0.25, -0.2) is 0 Å². The summed E-state index contributed by atoms with van der Waals surface area (Å²) in [5, 5.41) is 12.8. The van der Waals surface area contributed by atoms with Gasteiger partial charge < -0.3 is 20.2 Å². The van der Waals surface area contributed by atoms with Gasteiger partial charge in [-0.15, -0.1) is 0 Å². The van der Waals surface area contributed by atoms with Crippen molar-refractivity contribution in [2.45, 2.75) is 25.4 Å². The van der Waals surface area contributed by atoms with Crippen molar-refractivity contribution < 1.29 is 19.5 Å². The smallest absolute Gasteiger partial charge is 0.258 e. The third-order valence-corrected chi connectivity index (χ3v) is 5.02. The van der Waals surface area contributed by atoms with Gasteiger partial charge in [0.15, 0.2) is 0 Å². The number of para-hydroxylation sites is 1. The summed E-state index contributed by atoms with van der Waals surface area (Å²) in [5.74, 6) is -0.729. The minimum absolute atomic E-state index is 0.0788. The lowest BCUT2D eigenvalue weighted by Crippen LogP contribution is -2.45. The molecule has 3 amide bonds. The summed E-state index contributed by atoms with van der Waals surface area (Å²) in [7, 11) is 3.39. The number of nitrogens with one attached hydrogen (secondary N) is 1. The molecule has 0 spiro atoms. The van der Waals surface area contributed by atoms with Gasteiger partial charge in [0.05, 0.1) is 5.56 Å². The van der Waals surface area contributed by atoms with Gasteiger partial charge in [-0.3, -0.25) is 14.4 Å². The van der Waals surface area contributed by atoms with Crippen LogP contribution in [0.4, 0.5) is 0 Å². The SMILES string of the molecule is CN(C)C(=O)c1ccc(CNC(=O)C2CCCN2C(=O)c2ccccc2O)cc1. The first-order valence-corrected chi connectivity index (χ1v) is 9.55. The summed E-state index contributed by atoms with van der Waals surface area (Å²) in [6.07, 6.45) is 1.32. The Morgan fingerprint density at radius 3 is 2.45 bits per heavy atom. The number of phenolic OH excluding ortho intramolecular Hbond substituents is 1. The van der Waals surface area contributed by atoms with Crippen LogP contribution in [-0.4, -0.2) is 59.3 Å². The van der Waals surface area contributed by atoms with Crippen LogP contribution < -0.4 is 5.32 Å². The molecule has 0 aliphatic carbocycles. The van der Waals surface area contributed by atoms with E-state index < -0.39 is 6.04 Å². The lowest BCUT2D eigenvalue weighted by molar-refractivity contribution is -0.125. The van der Waals surface area contributed by atoms with E-state index in [0.717, 1.165) is 12.0 Å². The minimum Gasteiger partial charge on any atom is -0.507 e. The average Bonchev–Trinajstić information content (AvgIpc) is 3.21. The summed E-state index contributed by atoms with van der Waals surface area (Å²) < 4.78 is 0. The molecule has 1 fully saturated rings. The largest absolute Gasteiger partial charge is 0.507 e. The van der Waals surface area contributed by atoms with Crippen molar-refractivity contribution >= 4 is 17.7 Å². The van der Waals surface area contributed by atoms with E-state index in [0.29, 0.717) is 25.1 Å². The quantitative estimate of drug-likeness (QED) is 0.811. The molecule has 1 heterocycles. The predicted molar refractivity (Wildman–Crippen MR) is 108 cm³/mol. The Hall–Kier alpha value is -3.35. The van der Waals surface area contributed by atoms with E-state index in [1.54, 1.807) is 56.6 Å². The number of carbonyl (C=O) groups excluding carboxylic acids is 3. The van der Waals surface area contributed by atoms with Crippen molar-refractivity contribution in [3.8, 4) is 5.75 Å². The fourth-order valence-electron chi connectivity index (χ4n) is 3.42. The van der Waals surface area contributed by atoms with Crippen LogP contribution in [0.2, 0.25) is 0 Å². The van der Waals surface area contributed by atoms with Crippen molar-refractivity contribution in [1.82, 2.24) is 15.1 Å². The van der Waals surface area contributed by atoms with Gasteiger partial charge in [0.2, 0.25) is 5.91 Å². The Morgan fingerprint density at radius 1 is 1.10 bits per heavy atom. The molecule has 3 rings (SSSR count). The predicted octanol–water partition coefficient (Wildman–Crippen LogP) is 2.01. The van der Waals surface area contributed by atoms with Gasteiger partial charge >= 0.3 is 0 Å². The molecule has 7 nitrogen and oxygen atoms in total. The third-order valence-electron chi connectivity index (χ3n) is 5.02. The average molecular weight is 395 g/mol. The van der Waals surface area contributed by atoms with E-state index in [1.807, 2.05) is 0 Å². The van der Waals surface area contributed by atoms with E-state index in [2.05, 4.69) is 5.32 Å². The van der Waals surface area contributed by atoms with Crippen LogP contribution in [0.15, 0.2) is 48.5 Å². The lowest BCUT2D eigenvalue weighted by atomic mass is 10.1. The van der Waals surface area contributed by atoms with Crippen LogP contribution >= 0.6 is 0 Å². The first kappa shape index (κ1) is 20.4. The molecule has 7 heteroatoms. The molecular weight excluding hydrogens is 370 g/mol. The van der Waals surface area contributed by atoms with Crippen LogP contribution in [0, 0.1) is 0 Å². The number of aromatic hydroxyl groups is 1. The lowest BCUT2D eigenvalue weighted by Gasteiger charge is -2.24. The Bertz CT molecular complexity index is 909. The number of rotatable bonds is 5. The van der Waals surface area contributed by atoms with Crippen LogP contribution in [0.3, 0.4) is 0 Å². The van der Waals surface area contributed by atoms with Gasteiger partial charge in [0, 0.05) is 32.7 Å². The highest BCUT2D eigenvalue weighted by molar-refractivity contribution is 6.00. The number of hydrogen-bond acceptors (Lipinski definition) is 4. The van der Waals surface area contributed by atoms with Gasteiger partial charge in [-0.05, 0) is 42.7 Å². The highest BCUT2D eigenvalue weighted by Gasteiger charge is 2.35. The summed E-state index contributed by atoms with van der Waals surface area (Å²) in [5.41, 5.74) is 1.65. The molecule has 1 aliphatic heterocycles. The fourth-order valence-corrected chi connectivity index (χ4v) is 3.42. The van der Waals surface area contributed by atoms with Gasteiger partial charge in [0.1, 0.15) is 11.8 Å². The second kappa shape index (κ2) is 8.77. The van der Waals surface area contributed by atoms with Crippen molar-refractivity contribution in [2.75, 3.05) is 20.6 Å². The number of benzene rings is 2. The van der Waals surface area contributed by atoms with Crippen molar-refractivity contribution in [3.63, 3.8) is 0 Å². The molecule has 2 aromatic carbocycles. The molecule has 0 saturated carbocycles. The van der Waals surface area contributed by atoms with Crippen molar-refractivity contribution in [2.24, 2.45) is 0 Å². The van der Waals surface area contributed by atoms with Gasteiger partial charge in [-0.2, -0.15) is 0 Å². The number of phenols is 1. The van der Waals surface area contributed by atoms with Crippen molar-refractivity contribution in [3.05, 3.63) is 65.2 Å². The Morgan fingerprint density at radius 2 is 1.79 bits per heavy atom. The molecule has 152 valence electrons. The molecule has 0 radical (unpaired) electrons. The molecule has 1 atom stereocenters. The fraction of sp³-hybridized carbons (Fsp3) is 0.318. The molecule has 0 bridgehead atoms. The maximum atomic E-state index is 12.8.